The Kier molecular flexibility index (Phi) is 5.33. The lowest BCUT2D eigenvalue weighted by Gasteiger charge is -2.47. The summed E-state index contributed by atoms with van der Waals surface area (Å²) in [7, 11) is 0. The van der Waals surface area contributed by atoms with Crippen LogP contribution in [0.15, 0.2) is 35.3 Å². The molecule has 28 heavy (non-hydrogen) atoms. The standard InChI is InChI=1S/C24H30N2O2/c1-7-26-22-11-15(2)18(12-20(22)16(3)13-24(26,5)6)14-25-21-10-8-9-19(17(21)4)23(27)28/h8-12,14,16H,7,13H2,1-6H3,(H,27,28). The van der Waals surface area contributed by atoms with Gasteiger partial charge in [-0.25, -0.2) is 4.79 Å². The molecule has 1 N–H and O–H groups in total. The van der Waals surface area contributed by atoms with Crippen molar-refractivity contribution >= 4 is 23.6 Å². The lowest BCUT2D eigenvalue weighted by molar-refractivity contribution is 0.0696. The van der Waals surface area contributed by atoms with Gasteiger partial charge in [0.05, 0.1) is 11.3 Å². The van der Waals surface area contributed by atoms with E-state index in [1.807, 2.05) is 12.3 Å². The average molecular weight is 379 g/mol. The van der Waals surface area contributed by atoms with Crippen molar-refractivity contribution in [3.05, 3.63) is 58.1 Å². The van der Waals surface area contributed by atoms with Gasteiger partial charge >= 0.3 is 5.97 Å². The van der Waals surface area contributed by atoms with Crippen LogP contribution in [0.1, 0.15) is 72.6 Å². The van der Waals surface area contributed by atoms with Crippen LogP contribution in [0.2, 0.25) is 0 Å². The van der Waals surface area contributed by atoms with E-state index in [0.29, 0.717) is 22.7 Å². The third kappa shape index (κ3) is 3.56. The van der Waals surface area contributed by atoms with Crippen LogP contribution in [0.3, 0.4) is 0 Å². The van der Waals surface area contributed by atoms with E-state index in [2.05, 4.69) is 56.6 Å². The molecule has 1 aliphatic heterocycles. The highest BCUT2D eigenvalue weighted by Gasteiger charge is 2.35. The quantitative estimate of drug-likeness (QED) is 0.678. The second kappa shape index (κ2) is 7.42. The lowest BCUT2D eigenvalue weighted by atomic mass is 9.79. The minimum Gasteiger partial charge on any atom is -0.478 e. The molecule has 0 radical (unpaired) electrons. The Balaban J connectivity index is 2.02. The molecule has 148 valence electrons. The predicted octanol–water partition coefficient (Wildman–Crippen LogP) is 5.86. The van der Waals surface area contributed by atoms with Gasteiger partial charge in [-0.2, -0.15) is 0 Å². The summed E-state index contributed by atoms with van der Waals surface area (Å²) in [5, 5.41) is 9.32. The Labute approximate surface area is 167 Å². The van der Waals surface area contributed by atoms with Crippen molar-refractivity contribution in [2.45, 2.75) is 59.4 Å². The number of carboxylic acids is 1. The predicted molar refractivity (Wildman–Crippen MR) is 117 cm³/mol. The Hall–Kier alpha value is -2.62. The first-order valence-electron chi connectivity index (χ1n) is 9.95. The van der Waals surface area contributed by atoms with Crippen LogP contribution in [0.5, 0.6) is 0 Å². The van der Waals surface area contributed by atoms with Crippen molar-refractivity contribution in [1.29, 1.82) is 0 Å². The maximum atomic E-state index is 11.4. The zero-order valence-corrected chi connectivity index (χ0v) is 17.7. The molecule has 1 atom stereocenters. The number of carboxylic acid groups (broad SMARTS) is 1. The Bertz CT molecular complexity index is 944. The Morgan fingerprint density at radius 2 is 2.04 bits per heavy atom. The topological polar surface area (TPSA) is 52.9 Å². The molecule has 0 saturated carbocycles. The van der Waals surface area contributed by atoms with Crippen LogP contribution < -0.4 is 4.90 Å². The summed E-state index contributed by atoms with van der Waals surface area (Å²) in [6, 6.07) is 9.75. The molecule has 1 unspecified atom stereocenters. The third-order valence-electron chi connectivity index (χ3n) is 5.97. The van der Waals surface area contributed by atoms with Gasteiger partial charge in [-0.15, -0.1) is 0 Å². The lowest BCUT2D eigenvalue weighted by Crippen LogP contribution is -2.48. The molecule has 4 nitrogen and oxygen atoms in total. The first-order valence-corrected chi connectivity index (χ1v) is 9.95. The van der Waals surface area contributed by atoms with Gasteiger partial charge in [0.1, 0.15) is 0 Å². The minimum absolute atomic E-state index is 0.150. The maximum absolute atomic E-state index is 11.4. The monoisotopic (exact) mass is 378 g/mol. The van der Waals surface area contributed by atoms with Gasteiger partial charge in [-0.1, -0.05) is 13.0 Å². The Morgan fingerprint density at radius 1 is 1.32 bits per heavy atom. The van der Waals surface area contributed by atoms with E-state index >= 15 is 0 Å². The second-order valence-corrected chi connectivity index (χ2v) is 8.44. The zero-order chi connectivity index (χ0) is 20.6. The van der Waals surface area contributed by atoms with Gasteiger partial charge in [0.15, 0.2) is 0 Å². The SMILES string of the molecule is CCN1c2cc(C)c(C=Nc3cccc(C(=O)O)c3C)cc2C(C)CC1(C)C. The highest BCUT2D eigenvalue weighted by atomic mass is 16.4. The first kappa shape index (κ1) is 20.1. The van der Waals surface area contributed by atoms with Crippen LogP contribution in [0.25, 0.3) is 0 Å². The van der Waals surface area contributed by atoms with Crippen LogP contribution in [0, 0.1) is 13.8 Å². The van der Waals surface area contributed by atoms with E-state index in [1.54, 1.807) is 19.1 Å². The molecular formula is C24H30N2O2. The molecule has 1 heterocycles. The number of nitrogens with zero attached hydrogens (tertiary/aromatic N) is 2. The van der Waals surface area contributed by atoms with Gasteiger partial charge < -0.3 is 10.0 Å². The summed E-state index contributed by atoms with van der Waals surface area (Å²) < 4.78 is 0. The van der Waals surface area contributed by atoms with E-state index < -0.39 is 5.97 Å². The summed E-state index contributed by atoms with van der Waals surface area (Å²) in [6.07, 6.45) is 2.99. The van der Waals surface area contributed by atoms with Crippen LogP contribution in [-0.2, 0) is 0 Å². The van der Waals surface area contributed by atoms with Gasteiger partial charge in [0.2, 0.25) is 0 Å². The largest absolute Gasteiger partial charge is 0.478 e. The van der Waals surface area contributed by atoms with E-state index in [0.717, 1.165) is 18.5 Å². The normalized spacial score (nSPS) is 18.4. The van der Waals surface area contributed by atoms with Crippen molar-refractivity contribution in [1.82, 2.24) is 0 Å². The fourth-order valence-corrected chi connectivity index (χ4v) is 4.52. The highest BCUT2D eigenvalue weighted by Crippen LogP contribution is 2.44. The number of hydrogen-bond donors (Lipinski definition) is 1. The van der Waals surface area contributed by atoms with Crippen molar-refractivity contribution in [2.75, 3.05) is 11.4 Å². The highest BCUT2D eigenvalue weighted by molar-refractivity contribution is 5.92. The van der Waals surface area contributed by atoms with Crippen molar-refractivity contribution in [3.63, 3.8) is 0 Å². The molecule has 0 aromatic heterocycles. The average Bonchev–Trinajstić information content (AvgIpc) is 2.60. The summed E-state index contributed by atoms with van der Waals surface area (Å²) in [6.45, 7) is 14.1. The zero-order valence-electron chi connectivity index (χ0n) is 17.7. The number of fused-ring (bicyclic) bond motifs is 1. The van der Waals surface area contributed by atoms with Gasteiger partial charge in [-0.3, -0.25) is 4.99 Å². The fraction of sp³-hybridized carbons (Fsp3) is 0.417. The maximum Gasteiger partial charge on any atom is 0.336 e. The number of hydrogen-bond acceptors (Lipinski definition) is 3. The van der Waals surface area contributed by atoms with E-state index in [-0.39, 0.29) is 5.54 Å². The molecule has 4 heteroatoms. The summed E-state index contributed by atoms with van der Waals surface area (Å²) >= 11 is 0. The van der Waals surface area contributed by atoms with Crippen LogP contribution >= 0.6 is 0 Å². The number of aliphatic imine (C=N–C) groups is 1. The number of anilines is 1. The van der Waals surface area contributed by atoms with E-state index in [1.165, 1.54) is 16.8 Å². The molecule has 2 aromatic rings. The number of aryl methyl sites for hydroxylation is 1. The second-order valence-electron chi connectivity index (χ2n) is 8.44. The molecule has 3 rings (SSSR count). The Morgan fingerprint density at radius 3 is 2.68 bits per heavy atom. The minimum atomic E-state index is -0.921. The summed E-state index contributed by atoms with van der Waals surface area (Å²) in [5.41, 5.74) is 6.78. The van der Waals surface area contributed by atoms with Gasteiger partial charge in [0, 0.05) is 24.0 Å². The smallest absolute Gasteiger partial charge is 0.336 e. The van der Waals surface area contributed by atoms with Crippen LogP contribution in [-0.4, -0.2) is 29.4 Å². The number of aromatic carboxylic acids is 1. The molecule has 0 amide bonds. The number of benzene rings is 2. The molecule has 1 aliphatic rings. The summed E-state index contributed by atoms with van der Waals surface area (Å²) in [5.74, 6) is -0.437. The molecule has 0 fully saturated rings. The number of rotatable bonds is 4. The fourth-order valence-electron chi connectivity index (χ4n) is 4.52. The van der Waals surface area contributed by atoms with Crippen molar-refractivity contribution in [3.8, 4) is 0 Å². The van der Waals surface area contributed by atoms with E-state index in [4.69, 9.17) is 0 Å². The molecule has 0 aliphatic carbocycles. The molecule has 2 aromatic carbocycles. The van der Waals surface area contributed by atoms with Gasteiger partial charge in [-0.05, 0) is 93.5 Å². The molecule has 0 bridgehead atoms. The third-order valence-corrected chi connectivity index (χ3v) is 5.97. The van der Waals surface area contributed by atoms with Crippen molar-refractivity contribution < 1.29 is 9.90 Å². The molecule has 0 saturated heterocycles. The molecule has 0 spiro atoms. The van der Waals surface area contributed by atoms with Gasteiger partial charge in [0.25, 0.3) is 0 Å². The van der Waals surface area contributed by atoms with Crippen molar-refractivity contribution in [2.24, 2.45) is 4.99 Å². The summed E-state index contributed by atoms with van der Waals surface area (Å²) in [4.78, 5) is 18.5. The van der Waals surface area contributed by atoms with E-state index in [9.17, 15) is 9.90 Å². The van der Waals surface area contributed by atoms with Crippen LogP contribution in [0.4, 0.5) is 11.4 Å². The first-order chi connectivity index (χ1) is 13.2. The number of carbonyl (C=O) groups is 1. The molecular weight excluding hydrogens is 348 g/mol.